The van der Waals surface area contributed by atoms with Crippen LogP contribution in [-0.4, -0.2) is 30.9 Å². The first-order chi connectivity index (χ1) is 8.45. The smallest absolute Gasteiger partial charge is 0.226 e. The standard InChI is InChI=1S/C14H24N2O2/c1-10(2)13(9-15)14(17)16(4)8-7-12-6-5-11(3)18-12/h5-6,10,13H,7-9,15H2,1-4H3. The van der Waals surface area contributed by atoms with Crippen molar-refractivity contribution >= 4 is 5.91 Å². The maximum absolute atomic E-state index is 12.2. The van der Waals surface area contributed by atoms with E-state index in [9.17, 15) is 4.79 Å². The molecule has 102 valence electrons. The average molecular weight is 252 g/mol. The topological polar surface area (TPSA) is 59.5 Å². The highest BCUT2D eigenvalue weighted by Crippen LogP contribution is 2.13. The second kappa shape index (κ2) is 6.59. The van der Waals surface area contributed by atoms with E-state index in [0.29, 0.717) is 13.1 Å². The Balaban J connectivity index is 2.49. The molecule has 0 aliphatic heterocycles. The number of nitrogens with two attached hydrogens (primary N) is 1. The van der Waals surface area contributed by atoms with Gasteiger partial charge in [-0.05, 0) is 25.0 Å². The zero-order valence-electron chi connectivity index (χ0n) is 11.8. The van der Waals surface area contributed by atoms with Gasteiger partial charge in [0.1, 0.15) is 11.5 Å². The van der Waals surface area contributed by atoms with Crippen molar-refractivity contribution < 1.29 is 9.21 Å². The van der Waals surface area contributed by atoms with Crippen molar-refractivity contribution in [1.29, 1.82) is 0 Å². The van der Waals surface area contributed by atoms with Crippen LogP contribution in [0.1, 0.15) is 25.4 Å². The second-order valence-corrected chi connectivity index (χ2v) is 5.11. The van der Waals surface area contributed by atoms with Crippen molar-refractivity contribution in [3.8, 4) is 0 Å². The number of likely N-dealkylation sites (N-methyl/N-ethyl adjacent to an activating group) is 1. The summed E-state index contributed by atoms with van der Waals surface area (Å²) in [5, 5.41) is 0. The van der Waals surface area contributed by atoms with E-state index in [0.717, 1.165) is 17.9 Å². The Morgan fingerprint density at radius 3 is 2.56 bits per heavy atom. The summed E-state index contributed by atoms with van der Waals surface area (Å²) >= 11 is 0. The van der Waals surface area contributed by atoms with Crippen LogP contribution in [-0.2, 0) is 11.2 Å². The van der Waals surface area contributed by atoms with E-state index in [-0.39, 0.29) is 17.7 Å². The summed E-state index contributed by atoms with van der Waals surface area (Å²) in [4.78, 5) is 13.9. The largest absolute Gasteiger partial charge is 0.466 e. The molecule has 4 heteroatoms. The molecule has 0 fully saturated rings. The third kappa shape index (κ3) is 3.88. The van der Waals surface area contributed by atoms with Crippen molar-refractivity contribution in [1.82, 2.24) is 4.90 Å². The maximum atomic E-state index is 12.2. The molecule has 0 saturated heterocycles. The van der Waals surface area contributed by atoms with Gasteiger partial charge in [-0.25, -0.2) is 0 Å². The molecule has 1 rings (SSSR count). The normalized spacial score (nSPS) is 12.8. The lowest BCUT2D eigenvalue weighted by atomic mass is 9.94. The van der Waals surface area contributed by atoms with E-state index >= 15 is 0 Å². The number of hydrogen-bond acceptors (Lipinski definition) is 3. The fraction of sp³-hybridized carbons (Fsp3) is 0.643. The Kier molecular flexibility index (Phi) is 5.41. The first kappa shape index (κ1) is 14.8. The predicted molar refractivity (Wildman–Crippen MR) is 72.2 cm³/mol. The first-order valence-electron chi connectivity index (χ1n) is 6.46. The van der Waals surface area contributed by atoms with Gasteiger partial charge < -0.3 is 15.1 Å². The molecule has 1 aromatic heterocycles. The van der Waals surface area contributed by atoms with Crippen LogP contribution in [0.5, 0.6) is 0 Å². The quantitative estimate of drug-likeness (QED) is 0.840. The van der Waals surface area contributed by atoms with Crippen molar-refractivity contribution in [2.75, 3.05) is 20.1 Å². The number of rotatable bonds is 6. The highest BCUT2D eigenvalue weighted by Gasteiger charge is 2.23. The molecule has 18 heavy (non-hydrogen) atoms. The van der Waals surface area contributed by atoms with Gasteiger partial charge in [-0.2, -0.15) is 0 Å². The van der Waals surface area contributed by atoms with Gasteiger partial charge in [-0.3, -0.25) is 4.79 Å². The van der Waals surface area contributed by atoms with E-state index in [4.69, 9.17) is 10.2 Å². The minimum Gasteiger partial charge on any atom is -0.466 e. The van der Waals surface area contributed by atoms with Gasteiger partial charge in [0.05, 0.1) is 5.92 Å². The number of amides is 1. The minimum absolute atomic E-state index is 0.0895. The number of hydrogen-bond donors (Lipinski definition) is 1. The Morgan fingerprint density at radius 2 is 2.11 bits per heavy atom. The Hall–Kier alpha value is -1.29. The Morgan fingerprint density at radius 1 is 1.44 bits per heavy atom. The summed E-state index contributed by atoms with van der Waals surface area (Å²) in [6.45, 7) is 7.04. The molecule has 0 saturated carbocycles. The number of aryl methyl sites for hydroxylation is 1. The monoisotopic (exact) mass is 252 g/mol. The summed E-state index contributed by atoms with van der Waals surface area (Å²) < 4.78 is 5.49. The molecule has 1 aromatic rings. The summed E-state index contributed by atoms with van der Waals surface area (Å²) in [6, 6.07) is 3.89. The summed E-state index contributed by atoms with van der Waals surface area (Å²) in [7, 11) is 1.82. The molecule has 1 amide bonds. The van der Waals surface area contributed by atoms with Crippen molar-refractivity contribution in [2.45, 2.75) is 27.2 Å². The van der Waals surface area contributed by atoms with E-state index in [2.05, 4.69) is 0 Å². The lowest BCUT2D eigenvalue weighted by Gasteiger charge is -2.25. The average Bonchev–Trinajstić information content (AvgIpc) is 2.72. The van der Waals surface area contributed by atoms with Crippen LogP contribution in [0.2, 0.25) is 0 Å². The summed E-state index contributed by atoms with van der Waals surface area (Å²) in [5.74, 6) is 2.13. The van der Waals surface area contributed by atoms with Gasteiger partial charge in [0.25, 0.3) is 0 Å². The zero-order chi connectivity index (χ0) is 13.7. The van der Waals surface area contributed by atoms with Crippen molar-refractivity contribution in [2.24, 2.45) is 17.6 Å². The molecule has 0 aliphatic rings. The van der Waals surface area contributed by atoms with Gasteiger partial charge in [-0.1, -0.05) is 13.8 Å². The molecular weight excluding hydrogens is 228 g/mol. The molecule has 0 aromatic carbocycles. The predicted octanol–water partition coefficient (Wildman–Crippen LogP) is 1.82. The van der Waals surface area contributed by atoms with Gasteiger partial charge in [-0.15, -0.1) is 0 Å². The molecule has 0 aliphatic carbocycles. The highest BCUT2D eigenvalue weighted by atomic mass is 16.3. The minimum atomic E-state index is -0.0895. The molecule has 4 nitrogen and oxygen atoms in total. The van der Waals surface area contributed by atoms with Crippen LogP contribution >= 0.6 is 0 Å². The van der Waals surface area contributed by atoms with Crippen molar-refractivity contribution in [3.05, 3.63) is 23.7 Å². The third-order valence-electron chi connectivity index (χ3n) is 3.24. The number of carbonyl (C=O) groups is 1. The number of nitrogens with zero attached hydrogens (tertiary/aromatic N) is 1. The molecule has 0 spiro atoms. The molecule has 1 atom stereocenters. The van der Waals surface area contributed by atoms with E-state index < -0.39 is 0 Å². The summed E-state index contributed by atoms with van der Waals surface area (Å²) in [5.41, 5.74) is 5.66. The first-order valence-corrected chi connectivity index (χ1v) is 6.46. The van der Waals surface area contributed by atoms with Crippen LogP contribution < -0.4 is 5.73 Å². The fourth-order valence-corrected chi connectivity index (χ4v) is 1.95. The van der Waals surface area contributed by atoms with Gasteiger partial charge >= 0.3 is 0 Å². The number of carbonyl (C=O) groups excluding carboxylic acids is 1. The molecule has 2 N–H and O–H groups in total. The lowest BCUT2D eigenvalue weighted by Crippen LogP contribution is -2.40. The van der Waals surface area contributed by atoms with Crippen LogP contribution in [0.25, 0.3) is 0 Å². The number of furan rings is 1. The van der Waals surface area contributed by atoms with Gasteiger partial charge in [0, 0.05) is 26.6 Å². The SMILES string of the molecule is Cc1ccc(CCN(C)C(=O)C(CN)C(C)C)o1. The molecule has 1 heterocycles. The van der Waals surface area contributed by atoms with E-state index in [1.54, 1.807) is 4.90 Å². The van der Waals surface area contributed by atoms with Crippen LogP contribution in [0.15, 0.2) is 16.5 Å². The zero-order valence-corrected chi connectivity index (χ0v) is 11.8. The maximum Gasteiger partial charge on any atom is 0.226 e. The fourth-order valence-electron chi connectivity index (χ4n) is 1.95. The Labute approximate surface area is 109 Å². The van der Waals surface area contributed by atoms with E-state index in [1.807, 2.05) is 40.0 Å². The van der Waals surface area contributed by atoms with Crippen molar-refractivity contribution in [3.63, 3.8) is 0 Å². The molecule has 1 unspecified atom stereocenters. The van der Waals surface area contributed by atoms with Crippen LogP contribution in [0, 0.1) is 18.8 Å². The Bertz CT molecular complexity index is 385. The molecule has 0 bridgehead atoms. The molecular formula is C14H24N2O2. The van der Waals surface area contributed by atoms with E-state index in [1.165, 1.54) is 0 Å². The molecule has 0 radical (unpaired) electrons. The van der Waals surface area contributed by atoms with Gasteiger partial charge in [0.2, 0.25) is 5.91 Å². The lowest BCUT2D eigenvalue weighted by molar-refractivity contribution is -0.135. The van der Waals surface area contributed by atoms with Gasteiger partial charge in [0.15, 0.2) is 0 Å². The van der Waals surface area contributed by atoms with Crippen LogP contribution in [0.3, 0.4) is 0 Å². The third-order valence-corrected chi connectivity index (χ3v) is 3.24. The van der Waals surface area contributed by atoms with Crippen LogP contribution in [0.4, 0.5) is 0 Å². The second-order valence-electron chi connectivity index (χ2n) is 5.11. The highest BCUT2D eigenvalue weighted by molar-refractivity contribution is 5.79. The summed E-state index contributed by atoms with van der Waals surface area (Å²) in [6.07, 6.45) is 0.742.